The Morgan fingerprint density at radius 3 is 2.76 bits per heavy atom. The Morgan fingerprint density at radius 1 is 1.31 bits per heavy atom. The fourth-order valence-electron chi connectivity index (χ4n) is 2.85. The number of rotatable bonds is 7. The molecule has 2 aromatic rings. The van der Waals surface area contributed by atoms with Gasteiger partial charge in [-0.05, 0) is 31.2 Å². The first-order valence-electron chi connectivity index (χ1n) is 9.08. The van der Waals surface area contributed by atoms with Crippen LogP contribution >= 0.6 is 0 Å². The maximum absolute atomic E-state index is 13.1. The molecule has 0 saturated carbocycles. The molecule has 0 atom stereocenters. The summed E-state index contributed by atoms with van der Waals surface area (Å²) in [6, 6.07) is 5.95. The number of benzene rings is 1. The highest BCUT2D eigenvalue weighted by Crippen LogP contribution is 2.30. The van der Waals surface area contributed by atoms with E-state index in [9.17, 15) is 18.0 Å². The first-order valence-corrected chi connectivity index (χ1v) is 10.5. The number of carbonyl (C=O) groups excluding carboxylic acids is 1. The molecule has 1 fully saturated rings. The number of anilines is 1. The minimum atomic E-state index is -3.83. The van der Waals surface area contributed by atoms with Crippen LogP contribution in [0.25, 0.3) is 0 Å². The molecule has 1 amide bonds. The van der Waals surface area contributed by atoms with E-state index in [1.165, 1.54) is 28.8 Å². The Hall–Kier alpha value is -2.76. The third kappa shape index (κ3) is 5.00. The van der Waals surface area contributed by atoms with E-state index in [1.807, 2.05) is 0 Å². The molecule has 1 aromatic carbocycles. The van der Waals surface area contributed by atoms with Crippen molar-refractivity contribution in [2.45, 2.75) is 18.4 Å². The second-order valence-corrected chi connectivity index (χ2v) is 8.10. The number of sulfonamides is 1. The van der Waals surface area contributed by atoms with Gasteiger partial charge >= 0.3 is 5.69 Å². The number of nitrogens with one attached hydrogen (secondary N) is 1. The number of ether oxygens (including phenoxy) is 2. The summed E-state index contributed by atoms with van der Waals surface area (Å²) in [5, 5.41) is 2.61. The summed E-state index contributed by atoms with van der Waals surface area (Å²) in [6.07, 6.45) is 2.79. The van der Waals surface area contributed by atoms with E-state index in [0.717, 1.165) is 4.57 Å². The highest BCUT2D eigenvalue weighted by molar-refractivity contribution is 7.89. The molecule has 0 bridgehead atoms. The second kappa shape index (κ2) is 9.16. The average molecular weight is 422 g/mol. The normalized spacial score (nSPS) is 15.1. The van der Waals surface area contributed by atoms with E-state index in [0.29, 0.717) is 19.8 Å². The standard InChI is InChI=1S/C18H22N4O6S/c1-2-28-15-5-4-14(20-17(23)13-21-7-3-6-19-18(21)24)12-16(15)29(25,26)22-8-10-27-11-9-22/h3-7,12H,2,8-11,13H2,1H3,(H,20,23). The van der Waals surface area contributed by atoms with Gasteiger partial charge in [0, 0.05) is 31.2 Å². The van der Waals surface area contributed by atoms with Crippen LogP contribution in [-0.2, 0) is 26.1 Å². The van der Waals surface area contributed by atoms with Gasteiger partial charge in [0.2, 0.25) is 15.9 Å². The summed E-state index contributed by atoms with van der Waals surface area (Å²) < 4.78 is 39.3. The first kappa shape index (κ1) is 21.0. The van der Waals surface area contributed by atoms with Crippen LogP contribution in [0.15, 0.2) is 46.3 Å². The van der Waals surface area contributed by atoms with E-state index >= 15 is 0 Å². The Morgan fingerprint density at radius 2 is 2.07 bits per heavy atom. The van der Waals surface area contributed by atoms with Gasteiger partial charge in [0.05, 0.1) is 19.8 Å². The molecule has 1 N–H and O–H groups in total. The number of nitrogens with zero attached hydrogens (tertiary/aromatic N) is 3. The molecule has 10 nitrogen and oxygen atoms in total. The van der Waals surface area contributed by atoms with E-state index in [-0.39, 0.29) is 36.0 Å². The number of carbonyl (C=O) groups is 1. The lowest BCUT2D eigenvalue weighted by Gasteiger charge is -2.27. The first-order chi connectivity index (χ1) is 13.9. The molecular formula is C18H22N4O6S. The zero-order valence-electron chi connectivity index (χ0n) is 15.9. The van der Waals surface area contributed by atoms with E-state index < -0.39 is 21.6 Å². The van der Waals surface area contributed by atoms with Crippen LogP contribution in [0.5, 0.6) is 5.75 Å². The third-order valence-corrected chi connectivity index (χ3v) is 6.13. The molecule has 11 heteroatoms. The largest absolute Gasteiger partial charge is 0.492 e. The molecule has 0 unspecified atom stereocenters. The predicted molar refractivity (Wildman–Crippen MR) is 104 cm³/mol. The van der Waals surface area contributed by atoms with Crippen molar-refractivity contribution >= 4 is 21.6 Å². The molecule has 0 radical (unpaired) electrons. The van der Waals surface area contributed by atoms with E-state index in [2.05, 4.69) is 10.3 Å². The zero-order chi connectivity index (χ0) is 20.9. The van der Waals surface area contributed by atoms with Gasteiger partial charge in [-0.1, -0.05) is 0 Å². The molecule has 1 aromatic heterocycles. The lowest BCUT2D eigenvalue weighted by atomic mass is 10.3. The molecule has 0 spiro atoms. The molecule has 1 saturated heterocycles. The highest BCUT2D eigenvalue weighted by atomic mass is 32.2. The summed E-state index contributed by atoms with van der Waals surface area (Å²) in [6.45, 7) is 2.93. The minimum Gasteiger partial charge on any atom is -0.492 e. The Balaban J connectivity index is 1.85. The quantitative estimate of drug-likeness (QED) is 0.681. The maximum Gasteiger partial charge on any atom is 0.347 e. The summed E-state index contributed by atoms with van der Waals surface area (Å²) >= 11 is 0. The van der Waals surface area contributed by atoms with Crippen molar-refractivity contribution in [3.63, 3.8) is 0 Å². The highest BCUT2D eigenvalue weighted by Gasteiger charge is 2.29. The number of hydrogen-bond donors (Lipinski definition) is 1. The van der Waals surface area contributed by atoms with Crippen LogP contribution in [0.4, 0.5) is 5.69 Å². The van der Waals surface area contributed by atoms with Crippen molar-refractivity contribution in [2.75, 3.05) is 38.2 Å². The van der Waals surface area contributed by atoms with Crippen LogP contribution < -0.4 is 15.7 Å². The van der Waals surface area contributed by atoms with Gasteiger partial charge in [0.25, 0.3) is 0 Å². The monoisotopic (exact) mass is 422 g/mol. The van der Waals surface area contributed by atoms with Crippen molar-refractivity contribution in [2.24, 2.45) is 0 Å². The second-order valence-electron chi connectivity index (χ2n) is 6.19. The summed E-state index contributed by atoms with van der Waals surface area (Å²) in [4.78, 5) is 27.5. The van der Waals surface area contributed by atoms with Gasteiger partial charge in [-0.15, -0.1) is 0 Å². The van der Waals surface area contributed by atoms with Crippen molar-refractivity contribution in [1.82, 2.24) is 13.9 Å². The minimum absolute atomic E-state index is 0.0300. The van der Waals surface area contributed by atoms with Crippen LogP contribution in [-0.4, -0.2) is 61.1 Å². The van der Waals surface area contributed by atoms with Gasteiger partial charge in [0.1, 0.15) is 17.2 Å². The van der Waals surface area contributed by atoms with E-state index in [4.69, 9.17) is 9.47 Å². The Bertz CT molecular complexity index is 1030. The lowest BCUT2D eigenvalue weighted by Crippen LogP contribution is -2.40. The topological polar surface area (TPSA) is 120 Å². The summed E-state index contributed by atoms with van der Waals surface area (Å²) in [5.41, 5.74) is -0.271. The van der Waals surface area contributed by atoms with E-state index in [1.54, 1.807) is 19.1 Å². The Labute approximate surface area is 168 Å². The van der Waals surface area contributed by atoms with Crippen LogP contribution in [0.1, 0.15) is 6.92 Å². The predicted octanol–water partition coefficient (Wildman–Crippen LogP) is 0.302. The molecule has 29 heavy (non-hydrogen) atoms. The fraction of sp³-hybridized carbons (Fsp3) is 0.389. The summed E-state index contributed by atoms with van der Waals surface area (Å²) in [5.74, 6) is -0.278. The molecule has 0 aliphatic carbocycles. The number of hydrogen-bond acceptors (Lipinski definition) is 7. The van der Waals surface area contributed by atoms with Crippen molar-refractivity contribution in [1.29, 1.82) is 0 Å². The smallest absolute Gasteiger partial charge is 0.347 e. The van der Waals surface area contributed by atoms with Crippen LogP contribution in [0.3, 0.4) is 0 Å². The molecule has 1 aliphatic rings. The SMILES string of the molecule is CCOc1ccc(NC(=O)Cn2cccnc2=O)cc1S(=O)(=O)N1CCOCC1. The zero-order valence-corrected chi connectivity index (χ0v) is 16.7. The fourth-order valence-corrected chi connectivity index (χ4v) is 4.42. The summed E-state index contributed by atoms with van der Waals surface area (Å²) in [7, 11) is -3.83. The number of aromatic nitrogens is 2. The van der Waals surface area contributed by atoms with Gasteiger partial charge in [-0.2, -0.15) is 4.31 Å². The van der Waals surface area contributed by atoms with Crippen molar-refractivity contribution < 1.29 is 22.7 Å². The van der Waals surface area contributed by atoms with Crippen LogP contribution in [0, 0.1) is 0 Å². The molecular weight excluding hydrogens is 400 g/mol. The number of amides is 1. The van der Waals surface area contributed by atoms with Gasteiger partial charge in [-0.3, -0.25) is 9.36 Å². The van der Waals surface area contributed by atoms with Crippen LogP contribution in [0.2, 0.25) is 0 Å². The van der Waals surface area contributed by atoms with Gasteiger partial charge < -0.3 is 14.8 Å². The van der Waals surface area contributed by atoms with Gasteiger partial charge in [-0.25, -0.2) is 18.2 Å². The third-order valence-electron chi connectivity index (χ3n) is 4.21. The average Bonchev–Trinajstić information content (AvgIpc) is 2.71. The lowest BCUT2D eigenvalue weighted by molar-refractivity contribution is -0.116. The van der Waals surface area contributed by atoms with Crippen molar-refractivity contribution in [3.05, 3.63) is 47.1 Å². The molecule has 2 heterocycles. The molecule has 156 valence electrons. The molecule has 1 aliphatic heterocycles. The molecule has 3 rings (SSSR count). The maximum atomic E-state index is 13.1. The van der Waals surface area contributed by atoms with Crippen molar-refractivity contribution in [3.8, 4) is 5.75 Å². The van der Waals surface area contributed by atoms with Gasteiger partial charge in [0.15, 0.2) is 0 Å². The number of morpholine rings is 1. The Kier molecular flexibility index (Phi) is 6.62.